The molecule has 0 spiro atoms. The number of carbonyl (C=O) groups is 3. The van der Waals surface area contributed by atoms with Crippen LogP contribution in [0.1, 0.15) is 23.2 Å². The van der Waals surface area contributed by atoms with E-state index in [4.69, 9.17) is 11.5 Å². The second-order valence-corrected chi connectivity index (χ2v) is 6.43. The van der Waals surface area contributed by atoms with E-state index in [1.165, 1.54) is 6.20 Å². The van der Waals surface area contributed by atoms with E-state index < -0.39 is 11.9 Å². The molecule has 11 heteroatoms. The molecule has 0 fully saturated rings. The Hall–Kier alpha value is -4.15. The molecular weight excluding hydrogens is 388 g/mol. The minimum atomic E-state index is -0.709. The summed E-state index contributed by atoms with van der Waals surface area (Å²) in [5, 5.41) is 2.59. The van der Waals surface area contributed by atoms with Crippen LogP contribution in [-0.2, 0) is 9.59 Å². The molecule has 11 nitrogen and oxygen atoms in total. The van der Waals surface area contributed by atoms with Gasteiger partial charge in [-0.3, -0.25) is 4.79 Å². The lowest BCUT2D eigenvalue weighted by Gasteiger charge is -2.19. The van der Waals surface area contributed by atoms with E-state index >= 15 is 0 Å². The van der Waals surface area contributed by atoms with Crippen LogP contribution in [0, 0.1) is 0 Å². The van der Waals surface area contributed by atoms with Crippen molar-refractivity contribution in [2.75, 3.05) is 23.4 Å². The van der Waals surface area contributed by atoms with Gasteiger partial charge >= 0.3 is 0 Å². The first-order valence-corrected chi connectivity index (χ1v) is 9.02. The summed E-state index contributed by atoms with van der Waals surface area (Å²) in [4.78, 5) is 52.1. The molecule has 1 atom stereocenters. The molecule has 154 valence electrons. The number of nitrogens with two attached hydrogens (primary N) is 2. The highest BCUT2D eigenvalue weighted by Gasteiger charge is 2.14. The summed E-state index contributed by atoms with van der Waals surface area (Å²) in [6, 6.07) is 5.99. The maximum atomic E-state index is 12.3. The van der Waals surface area contributed by atoms with Crippen LogP contribution in [0.5, 0.6) is 0 Å². The number of carbonyl (C=O) groups excluding carboxylic acids is 3. The van der Waals surface area contributed by atoms with Crippen molar-refractivity contribution in [3.05, 3.63) is 36.0 Å². The van der Waals surface area contributed by atoms with Crippen molar-refractivity contribution in [3.63, 3.8) is 0 Å². The molecule has 3 rings (SSSR count). The number of nitrogens with zero attached hydrogens (tertiary/aromatic N) is 5. The van der Waals surface area contributed by atoms with Crippen LogP contribution in [0.25, 0.3) is 11.2 Å². The monoisotopic (exact) mass is 408 g/mol. The number of rotatable bonds is 8. The van der Waals surface area contributed by atoms with E-state index in [1.54, 1.807) is 36.2 Å². The van der Waals surface area contributed by atoms with Crippen LogP contribution in [-0.4, -0.2) is 51.5 Å². The molecular formula is C19H20N8O3. The first-order valence-electron chi connectivity index (χ1n) is 9.02. The second kappa shape index (κ2) is 8.90. The van der Waals surface area contributed by atoms with E-state index in [0.717, 1.165) is 5.69 Å². The summed E-state index contributed by atoms with van der Waals surface area (Å²) in [6.45, 7) is 0. The first kappa shape index (κ1) is 20.6. The summed E-state index contributed by atoms with van der Waals surface area (Å²) >= 11 is 0. The molecule has 5 N–H and O–H groups in total. The third kappa shape index (κ3) is 4.46. The number of nitrogens with one attached hydrogen (secondary N) is 1. The Labute approximate surface area is 171 Å². The van der Waals surface area contributed by atoms with Crippen LogP contribution in [0.4, 0.5) is 23.3 Å². The highest BCUT2D eigenvalue weighted by Crippen LogP contribution is 2.24. The molecule has 1 aromatic carbocycles. The van der Waals surface area contributed by atoms with Crippen molar-refractivity contribution >= 4 is 52.9 Å². The number of hydrogen-bond acceptors (Lipinski definition) is 10. The lowest BCUT2D eigenvalue weighted by molar-refractivity contribution is -0.110. The standard InChI is InChI=1S/C19H20N8O3/c1-27(14-9-22-15-16(20)25-19(21)26-17(15)24-14)13-6-4-11(5-7-13)18(30)23-12(10-29)3-2-8-28/h4-10,12H,2-3H2,1H3,(H,23,30)(H4,20,21,24,25,26). The largest absolute Gasteiger partial charge is 0.382 e. The Balaban J connectivity index is 1.77. The number of anilines is 4. The average molecular weight is 408 g/mol. The van der Waals surface area contributed by atoms with Crippen LogP contribution in [0.2, 0.25) is 0 Å². The molecule has 3 aromatic rings. The van der Waals surface area contributed by atoms with Gasteiger partial charge in [0.2, 0.25) is 5.95 Å². The van der Waals surface area contributed by atoms with Gasteiger partial charge in [-0.1, -0.05) is 0 Å². The highest BCUT2D eigenvalue weighted by molar-refractivity contribution is 5.96. The molecule has 0 saturated heterocycles. The number of benzene rings is 1. The minimum absolute atomic E-state index is 0.00578. The summed E-state index contributed by atoms with van der Waals surface area (Å²) < 4.78 is 0. The van der Waals surface area contributed by atoms with Crippen LogP contribution in [0.15, 0.2) is 30.5 Å². The lowest BCUT2D eigenvalue weighted by atomic mass is 10.1. The minimum Gasteiger partial charge on any atom is -0.382 e. The topological polar surface area (TPSA) is 170 Å². The Morgan fingerprint density at radius 2 is 1.90 bits per heavy atom. The van der Waals surface area contributed by atoms with Gasteiger partial charge in [-0.2, -0.15) is 9.97 Å². The normalized spacial score (nSPS) is 11.6. The Morgan fingerprint density at radius 1 is 1.17 bits per heavy atom. The van der Waals surface area contributed by atoms with Crippen molar-refractivity contribution in [3.8, 4) is 0 Å². The summed E-state index contributed by atoms with van der Waals surface area (Å²) in [6.07, 6.45) is 3.31. The SMILES string of the molecule is CN(c1ccc(C(=O)NC(C=O)CCC=O)cc1)c1cnc2c(N)nc(N)nc2n1. The van der Waals surface area contributed by atoms with Gasteiger partial charge in [0.05, 0.1) is 12.2 Å². The third-order valence-electron chi connectivity index (χ3n) is 4.38. The van der Waals surface area contributed by atoms with Gasteiger partial charge in [-0.25, -0.2) is 9.97 Å². The zero-order valence-electron chi connectivity index (χ0n) is 16.1. The summed E-state index contributed by atoms with van der Waals surface area (Å²) in [7, 11) is 1.78. The van der Waals surface area contributed by atoms with Crippen molar-refractivity contribution in [2.45, 2.75) is 18.9 Å². The van der Waals surface area contributed by atoms with Crippen molar-refractivity contribution in [2.24, 2.45) is 0 Å². The number of amides is 1. The Kier molecular flexibility index (Phi) is 6.11. The number of nitrogen functional groups attached to an aromatic ring is 2. The zero-order valence-corrected chi connectivity index (χ0v) is 16.1. The molecule has 0 radical (unpaired) electrons. The van der Waals surface area contributed by atoms with Gasteiger partial charge in [0, 0.05) is 24.7 Å². The lowest BCUT2D eigenvalue weighted by Crippen LogP contribution is -2.36. The van der Waals surface area contributed by atoms with E-state index in [2.05, 4.69) is 25.3 Å². The molecule has 2 heterocycles. The smallest absolute Gasteiger partial charge is 0.251 e. The third-order valence-corrected chi connectivity index (χ3v) is 4.38. The first-order chi connectivity index (χ1) is 14.4. The average Bonchev–Trinajstić information content (AvgIpc) is 2.75. The molecule has 0 aliphatic rings. The number of aromatic nitrogens is 4. The maximum Gasteiger partial charge on any atom is 0.251 e. The second-order valence-electron chi connectivity index (χ2n) is 6.43. The fourth-order valence-electron chi connectivity index (χ4n) is 2.74. The molecule has 0 bridgehead atoms. The van der Waals surface area contributed by atoms with E-state index in [0.29, 0.717) is 29.5 Å². The molecule has 2 aromatic heterocycles. The highest BCUT2D eigenvalue weighted by atomic mass is 16.2. The van der Waals surface area contributed by atoms with Gasteiger partial charge in [0.25, 0.3) is 5.91 Å². The van der Waals surface area contributed by atoms with Gasteiger partial charge in [-0.15, -0.1) is 0 Å². The van der Waals surface area contributed by atoms with Crippen molar-refractivity contribution in [1.29, 1.82) is 0 Å². The number of aldehydes is 2. The molecule has 30 heavy (non-hydrogen) atoms. The zero-order chi connectivity index (χ0) is 21.7. The predicted octanol–water partition coefficient (Wildman–Crippen LogP) is 0.628. The fraction of sp³-hybridized carbons (Fsp3) is 0.211. The number of hydrogen-bond donors (Lipinski definition) is 3. The summed E-state index contributed by atoms with van der Waals surface area (Å²) in [5.74, 6) is 0.245. The molecule has 0 aliphatic carbocycles. The van der Waals surface area contributed by atoms with Crippen LogP contribution >= 0.6 is 0 Å². The molecule has 0 saturated carbocycles. The Morgan fingerprint density at radius 3 is 2.57 bits per heavy atom. The van der Waals surface area contributed by atoms with E-state index in [1.807, 2.05) is 0 Å². The maximum absolute atomic E-state index is 12.3. The van der Waals surface area contributed by atoms with Gasteiger partial charge in [0.15, 0.2) is 22.8 Å². The summed E-state index contributed by atoms with van der Waals surface area (Å²) in [5.41, 5.74) is 13.1. The molecule has 1 amide bonds. The van der Waals surface area contributed by atoms with Gasteiger partial charge in [-0.05, 0) is 30.7 Å². The van der Waals surface area contributed by atoms with E-state index in [-0.39, 0.29) is 30.3 Å². The Bertz CT molecular complexity index is 1090. The van der Waals surface area contributed by atoms with Crippen molar-refractivity contribution in [1.82, 2.24) is 25.3 Å². The van der Waals surface area contributed by atoms with Gasteiger partial charge in [0.1, 0.15) is 12.6 Å². The van der Waals surface area contributed by atoms with Crippen LogP contribution in [0.3, 0.4) is 0 Å². The molecule has 1 unspecified atom stereocenters. The number of fused-ring (bicyclic) bond motifs is 1. The molecule has 0 aliphatic heterocycles. The quantitative estimate of drug-likeness (QED) is 0.449. The van der Waals surface area contributed by atoms with Crippen molar-refractivity contribution < 1.29 is 14.4 Å². The fourth-order valence-corrected chi connectivity index (χ4v) is 2.74. The van der Waals surface area contributed by atoms with E-state index in [9.17, 15) is 14.4 Å². The van der Waals surface area contributed by atoms with Crippen LogP contribution < -0.4 is 21.7 Å². The predicted molar refractivity (Wildman–Crippen MR) is 111 cm³/mol. The van der Waals surface area contributed by atoms with Gasteiger partial charge < -0.3 is 31.3 Å².